The van der Waals surface area contributed by atoms with Gasteiger partial charge in [0.2, 0.25) is 0 Å². The van der Waals surface area contributed by atoms with Crippen molar-refractivity contribution in [2.24, 2.45) is 5.89 Å². The van der Waals surface area contributed by atoms with Crippen LogP contribution < -0.4 is 9.47 Å². The number of carbonyl (C=O) groups is 1. The van der Waals surface area contributed by atoms with E-state index in [1.165, 1.54) is 6.07 Å². The van der Waals surface area contributed by atoms with Crippen molar-refractivity contribution in [1.29, 1.82) is 0 Å². The molecule has 2 aliphatic heterocycles. The van der Waals surface area contributed by atoms with Gasteiger partial charge in [0, 0.05) is 27.5 Å². The molecule has 1 aromatic carbocycles. The molecule has 116 valence electrons. The molecule has 0 aromatic heterocycles. The summed E-state index contributed by atoms with van der Waals surface area (Å²) < 4.78 is 68.4. The molecule has 0 radical (unpaired) electrons. The Labute approximate surface area is 140 Å². The molecule has 1 spiro atoms. The van der Waals surface area contributed by atoms with E-state index in [9.17, 15) is 6.17 Å². The molecule has 2 aliphatic carbocycles. The van der Waals surface area contributed by atoms with Crippen LogP contribution in [0.3, 0.4) is 0 Å². The van der Waals surface area contributed by atoms with Crippen LogP contribution in [0, 0.1) is 5.89 Å². The lowest BCUT2D eigenvalue weighted by atomic mass is 9.52. The average molecular weight is 306 g/mol. The molecule has 2 bridgehead atoms. The zero-order valence-electron chi connectivity index (χ0n) is 19.2. The Morgan fingerprint density at radius 2 is 2.50 bits per heavy atom. The van der Waals surface area contributed by atoms with Gasteiger partial charge in [-0.05, 0) is 50.4 Å². The summed E-state index contributed by atoms with van der Waals surface area (Å²) in [6.07, 6.45) is -4.37. The lowest BCUT2D eigenvalue weighted by molar-refractivity contribution is -0.138. The lowest BCUT2D eigenvalue weighted by Crippen LogP contribution is -2.65. The average Bonchev–Trinajstić information content (AvgIpc) is 2.85. The van der Waals surface area contributed by atoms with E-state index in [1.54, 1.807) is 6.07 Å². The SMILES string of the molecule is [2H]C([2H])([2H])Oc1ccc2c3c1OC1([2H])C(=O)C([2H])([2H])C[C@@]4([2H])[C@@H](C2)N(C)CC[C@]314. The highest BCUT2D eigenvalue weighted by atomic mass is 16.5. The third kappa shape index (κ3) is 1.27. The van der Waals surface area contributed by atoms with Gasteiger partial charge in [-0.1, -0.05) is 6.07 Å². The number of piperidine rings is 1. The third-order valence-electron chi connectivity index (χ3n) is 5.72. The molecular formula is C18H21NO3. The number of rotatable bonds is 1. The summed E-state index contributed by atoms with van der Waals surface area (Å²) in [5.41, 5.74) is -0.101. The molecule has 4 aliphatic rings. The second-order valence-corrected chi connectivity index (χ2v) is 6.52. The summed E-state index contributed by atoms with van der Waals surface area (Å²) in [7, 11) is -0.880. The van der Waals surface area contributed by atoms with E-state index in [1.807, 2.05) is 11.9 Å². The van der Waals surface area contributed by atoms with Gasteiger partial charge < -0.3 is 14.4 Å². The standard InChI is InChI=1S/C18H21NO3/c1-19-8-7-18-11-4-5-13(20)17(18)22-16-14(21-2)6-3-10(15(16)18)9-12(11)19/h3,6,11-12,17H,4-5,7-9H2,1-2H3/t11-,12+,17?,18-/m0/s1/i2D3,5D2,11D,17D. The van der Waals surface area contributed by atoms with Crippen molar-refractivity contribution in [1.82, 2.24) is 4.90 Å². The van der Waals surface area contributed by atoms with Crippen LogP contribution in [0.2, 0.25) is 0 Å². The number of likely N-dealkylation sites (tertiary alicyclic amines) is 1. The predicted molar refractivity (Wildman–Crippen MR) is 81.6 cm³/mol. The van der Waals surface area contributed by atoms with Gasteiger partial charge in [0.05, 0.1) is 12.5 Å². The van der Waals surface area contributed by atoms with Gasteiger partial charge in [-0.2, -0.15) is 0 Å². The van der Waals surface area contributed by atoms with E-state index in [2.05, 4.69) is 0 Å². The number of likely N-dealkylation sites (N-methyl/N-ethyl adjacent to an activating group) is 1. The van der Waals surface area contributed by atoms with Gasteiger partial charge in [-0.15, -0.1) is 0 Å². The molecular weight excluding hydrogens is 278 g/mol. The number of nitrogens with zero attached hydrogens (tertiary/aromatic N) is 1. The molecule has 4 atom stereocenters. The van der Waals surface area contributed by atoms with E-state index in [0.29, 0.717) is 18.5 Å². The molecule has 1 unspecified atom stereocenters. The van der Waals surface area contributed by atoms with Gasteiger partial charge in [0.1, 0.15) is 0 Å². The topological polar surface area (TPSA) is 38.8 Å². The summed E-state index contributed by atoms with van der Waals surface area (Å²) in [5, 5.41) is 0. The molecule has 4 heteroatoms. The van der Waals surface area contributed by atoms with Crippen LogP contribution in [-0.2, 0) is 16.6 Å². The zero-order valence-corrected chi connectivity index (χ0v) is 12.2. The normalized spacial score (nSPS) is 52.7. The number of hydrogen-bond acceptors (Lipinski definition) is 4. The van der Waals surface area contributed by atoms with Crippen LogP contribution in [-0.4, -0.2) is 43.4 Å². The number of Topliss-reactive ketones (excluding diaryl/α,β-unsaturated/α-hetero) is 1. The number of hydrogen-bond donors (Lipinski definition) is 0. The molecule has 1 saturated carbocycles. The van der Waals surface area contributed by atoms with Crippen molar-refractivity contribution >= 4 is 5.78 Å². The first-order valence-corrected chi connectivity index (χ1v) is 7.56. The third-order valence-corrected chi connectivity index (χ3v) is 5.72. The molecule has 1 saturated heterocycles. The highest BCUT2D eigenvalue weighted by Gasteiger charge is 2.65. The van der Waals surface area contributed by atoms with Crippen molar-refractivity contribution < 1.29 is 23.9 Å². The van der Waals surface area contributed by atoms with Gasteiger partial charge in [0.25, 0.3) is 0 Å². The maximum absolute atomic E-state index is 13.2. The minimum absolute atomic E-state index is 0.000645. The fraction of sp³-hybridized carbons (Fsp3) is 0.611. The number of ether oxygens (including phenoxy) is 2. The Kier molecular flexibility index (Phi) is 1.44. The van der Waals surface area contributed by atoms with E-state index >= 15 is 0 Å². The number of carbonyl (C=O) groups excluding carboxylic acids is 1. The van der Waals surface area contributed by atoms with Crippen LogP contribution in [0.1, 0.15) is 39.9 Å². The summed E-state index contributed by atoms with van der Waals surface area (Å²) in [6, 6.07) is 2.79. The Balaban J connectivity index is 1.84. The smallest absolute Gasteiger partial charge is 0.174 e. The van der Waals surface area contributed by atoms with Crippen LogP contribution >= 0.6 is 0 Å². The second kappa shape index (κ2) is 4.05. The minimum Gasteiger partial charge on any atom is -0.493 e. The summed E-state index contributed by atoms with van der Waals surface area (Å²) >= 11 is 0. The monoisotopic (exact) mass is 306 g/mol. The van der Waals surface area contributed by atoms with Crippen LogP contribution in [0.4, 0.5) is 0 Å². The van der Waals surface area contributed by atoms with Gasteiger partial charge in [0.15, 0.2) is 23.4 Å². The predicted octanol–water partition coefficient (Wildman–Crippen LogP) is 1.93. The van der Waals surface area contributed by atoms with Gasteiger partial charge in [-0.3, -0.25) is 4.79 Å². The molecule has 2 fully saturated rings. The van der Waals surface area contributed by atoms with Crippen molar-refractivity contribution in [2.75, 3.05) is 20.6 Å². The van der Waals surface area contributed by atoms with E-state index in [-0.39, 0.29) is 30.4 Å². The van der Waals surface area contributed by atoms with Gasteiger partial charge in [-0.25, -0.2) is 0 Å². The first kappa shape index (κ1) is 7.82. The van der Waals surface area contributed by atoms with Crippen molar-refractivity contribution in [3.63, 3.8) is 0 Å². The Hall–Kier alpha value is -1.55. The molecule has 1 aromatic rings. The molecule has 0 N–H and O–H groups in total. The maximum atomic E-state index is 13.2. The summed E-state index contributed by atoms with van der Waals surface area (Å²) in [6.45, 7) is 0.523. The first-order valence-electron chi connectivity index (χ1n) is 11.1. The van der Waals surface area contributed by atoms with Crippen LogP contribution in [0.15, 0.2) is 12.1 Å². The van der Waals surface area contributed by atoms with Crippen molar-refractivity contribution in [2.45, 2.75) is 43.2 Å². The first-order chi connectivity index (χ1) is 13.3. The van der Waals surface area contributed by atoms with Crippen molar-refractivity contribution in [3.8, 4) is 11.5 Å². The quantitative estimate of drug-likeness (QED) is 0.795. The number of ketones is 1. The zero-order chi connectivity index (χ0) is 21.2. The second-order valence-electron chi connectivity index (χ2n) is 6.52. The van der Waals surface area contributed by atoms with E-state index < -0.39 is 36.6 Å². The minimum atomic E-state index is -2.75. The molecule has 4 nitrogen and oxygen atoms in total. The number of benzene rings is 1. The fourth-order valence-corrected chi connectivity index (χ4v) is 4.73. The summed E-state index contributed by atoms with van der Waals surface area (Å²) in [4.78, 5) is 15.2. The lowest BCUT2D eigenvalue weighted by Gasteiger charge is -2.57. The van der Waals surface area contributed by atoms with Gasteiger partial charge >= 0.3 is 0 Å². The Morgan fingerprint density at radius 1 is 1.59 bits per heavy atom. The molecule has 22 heavy (non-hydrogen) atoms. The Morgan fingerprint density at radius 3 is 3.36 bits per heavy atom. The largest absolute Gasteiger partial charge is 0.493 e. The van der Waals surface area contributed by atoms with Crippen LogP contribution in [0.5, 0.6) is 11.5 Å². The maximum Gasteiger partial charge on any atom is 0.174 e. The van der Waals surface area contributed by atoms with Crippen LogP contribution in [0.25, 0.3) is 0 Å². The molecule has 2 heterocycles. The fourth-order valence-electron chi connectivity index (χ4n) is 4.73. The van der Waals surface area contributed by atoms with E-state index in [0.717, 1.165) is 5.56 Å². The molecule has 0 amide bonds. The highest BCUT2D eigenvalue weighted by molar-refractivity contribution is 5.89. The highest BCUT2D eigenvalue weighted by Crippen LogP contribution is 2.62. The van der Waals surface area contributed by atoms with E-state index in [4.69, 9.17) is 17.7 Å². The Bertz CT molecular complexity index is 950. The summed E-state index contributed by atoms with van der Waals surface area (Å²) in [5.74, 6) is -2.60. The number of methoxy groups -OCH3 is 1. The van der Waals surface area contributed by atoms with Crippen molar-refractivity contribution in [3.05, 3.63) is 23.3 Å². The molecule has 5 rings (SSSR count).